The van der Waals surface area contributed by atoms with Gasteiger partial charge in [0.05, 0.1) is 31.6 Å². The fourth-order valence-electron chi connectivity index (χ4n) is 3.39. The van der Waals surface area contributed by atoms with Gasteiger partial charge in [0.2, 0.25) is 0 Å². The maximum atomic E-state index is 12.3. The van der Waals surface area contributed by atoms with Crippen molar-refractivity contribution in [3.8, 4) is 0 Å². The van der Waals surface area contributed by atoms with Crippen molar-refractivity contribution in [3.05, 3.63) is 17.0 Å². The third-order valence-electron chi connectivity index (χ3n) is 5.11. The Morgan fingerprint density at radius 2 is 2.12 bits per heavy atom. The maximum Gasteiger partial charge on any atom is 0.317 e. The first kappa shape index (κ1) is 19.1. The lowest BCUT2D eigenvalue weighted by atomic mass is 10.2. The lowest BCUT2D eigenvalue weighted by Gasteiger charge is -2.26. The Labute approximate surface area is 154 Å². The number of carbonyl (C=O) groups is 1. The van der Waals surface area contributed by atoms with Crippen LogP contribution in [0.15, 0.2) is 4.52 Å². The number of nitrogens with one attached hydrogen (secondary N) is 1. The van der Waals surface area contributed by atoms with Gasteiger partial charge in [-0.2, -0.15) is 0 Å². The molecule has 1 unspecified atom stereocenters. The fourth-order valence-corrected chi connectivity index (χ4v) is 3.39. The molecule has 2 aliphatic heterocycles. The number of nitrogens with zero attached hydrogens (tertiary/aromatic N) is 3. The van der Waals surface area contributed by atoms with E-state index in [1.165, 1.54) is 0 Å². The highest BCUT2D eigenvalue weighted by molar-refractivity contribution is 5.74. The summed E-state index contributed by atoms with van der Waals surface area (Å²) in [6, 6.07) is 0.00964. The molecule has 1 atom stereocenters. The average molecular weight is 366 g/mol. The zero-order chi connectivity index (χ0) is 18.4. The van der Waals surface area contributed by atoms with E-state index in [2.05, 4.69) is 15.4 Å². The van der Waals surface area contributed by atoms with E-state index in [1.807, 2.05) is 18.7 Å². The van der Waals surface area contributed by atoms with Gasteiger partial charge in [-0.25, -0.2) is 4.79 Å². The Balaban J connectivity index is 1.31. The molecule has 0 radical (unpaired) electrons. The van der Waals surface area contributed by atoms with Crippen molar-refractivity contribution >= 4 is 6.03 Å². The van der Waals surface area contributed by atoms with E-state index in [1.54, 1.807) is 0 Å². The van der Waals surface area contributed by atoms with Gasteiger partial charge < -0.3 is 24.2 Å². The van der Waals surface area contributed by atoms with E-state index in [0.29, 0.717) is 19.7 Å². The third kappa shape index (κ3) is 5.18. The van der Waals surface area contributed by atoms with E-state index in [-0.39, 0.29) is 12.1 Å². The number of likely N-dealkylation sites (tertiary alicyclic amines) is 1. The second kappa shape index (κ2) is 9.34. The molecule has 1 aromatic heterocycles. The zero-order valence-corrected chi connectivity index (χ0v) is 15.8. The lowest BCUT2D eigenvalue weighted by Crippen LogP contribution is -2.41. The third-order valence-corrected chi connectivity index (χ3v) is 5.11. The largest absolute Gasteiger partial charge is 0.379 e. The number of hydrogen-bond donors (Lipinski definition) is 1. The quantitative estimate of drug-likeness (QED) is 0.733. The van der Waals surface area contributed by atoms with Gasteiger partial charge in [0.25, 0.3) is 0 Å². The molecule has 8 heteroatoms. The Morgan fingerprint density at radius 1 is 1.31 bits per heavy atom. The van der Waals surface area contributed by atoms with E-state index >= 15 is 0 Å². The van der Waals surface area contributed by atoms with Crippen molar-refractivity contribution in [2.45, 2.75) is 39.4 Å². The predicted octanol–water partition coefficient (Wildman–Crippen LogP) is 1.31. The minimum absolute atomic E-state index is 0.00964. The van der Waals surface area contributed by atoms with Crippen molar-refractivity contribution in [2.75, 3.05) is 52.5 Å². The van der Waals surface area contributed by atoms with Crippen molar-refractivity contribution < 1.29 is 18.8 Å². The van der Waals surface area contributed by atoms with Gasteiger partial charge in [0.15, 0.2) is 0 Å². The molecule has 1 N–H and O–H groups in total. The van der Waals surface area contributed by atoms with Gasteiger partial charge in [0, 0.05) is 38.3 Å². The second-order valence-corrected chi connectivity index (χ2v) is 7.01. The average Bonchev–Trinajstić information content (AvgIpc) is 3.25. The smallest absolute Gasteiger partial charge is 0.317 e. The van der Waals surface area contributed by atoms with Crippen molar-refractivity contribution in [1.29, 1.82) is 0 Å². The molecule has 2 aliphatic rings. The van der Waals surface area contributed by atoms with Crippen molar-refractivity contribution in [3.63, 3.8) is 0 Å². The Hall–Kier alpha value is -1.64. The van der Waals surface area contributed by atoms with Gasteiger partial charge in [-0.1, -0.05) is 5.16 Å². The number of urea groups is 1. The van der Waals surface area contributed by atoms with Gasteiger partial charge in [0.1, 0.15) is 5.76 Å². The minimum atomic E-state index is 0.00964. The molecular weight excluding hydrogens is 336 g/mol. The number of aromatic nitrogens is 1. The topological polar surface area (TPSA) is 80.1 Å². The standard InChI is InChI=1S/C18H30N4O4/c1-14-17(15(2)26-20-14)13-25-16-4-7-22(12-16)18(23)19-5-3-6-21-8-10-24-11-9-21/h16H,3-13H2,1-2H3,(H,19,23). The van der Waals surface area contributed by atoms with Crippen LogP contribution in [-0.4, -0.2) is 79.6 Å². The summed E-state index contributed by atoms with van der Waals surface area (Å²) in [5.41, 5.74) is 1.88. The molecule has 26 heavy (non-hydrogen) atoms. The van der Waals surface area contributed by atoms with Crippen LogP contribution in [-0.2, 0) is 16.1 Å². The Bertz CT molecular complexity index is 566. The molecule has 0 aromatic carbocycles. The monoisotopic (exact) mass is 366 g/mol. The van der Waals surface area contributed by atoms with Crippen molar-refractivity contribution in [2.24, 2.45) is 0 Å². The van der Waals surface area contributed by atoms with Crippen LogP contribution in [0.4, 0.5) is 4.79 Å². The molecule has 2 saturated heterocycles. The Kier molecular flexibility index (Phi) is 6.87. The van der Waals surface area contributed by atoms with Crippen LogP contribution >= 0.6 is 0 Å². The highest BCUT2D eigenvalue weighted by Gasteiger charge is 2.27. The molecule has 3 heterocycles. The van der Waals surface area contributed by atoms with E-state index in [4.69, 9.17) is 14.0 Å². The molecular formula is C18H30N4O4. The number of carbonyl (C=O) groups excluding carboxylic acids is 1. The summed E-state index contributed by atoms with van der Waals surface area (Å²) >= 11 is 0. The van der Waals surface area contributed by atoms with Gasteiger partial charge in [-0.05, 0) is 33.2 Å². The summed E-state index contributed by atoms with van der Waals surface area (Å²) in [6.45, 7) is 11.0. The van der Waals surface area contributed by atoms with E-state index < -0.39 is 0 Å². The molecule has 2 fully saturated rings. The normalized spacial score (nSPS) is 21.3. The van der Waals surface area contributed by atoms with Crippen LogP contribution in [0.3, 0.4) is 0 Å². The number of morpholine rings is 1. The summed E-state index contributed by atoms with van der Waals surface area (Å²) in [5.74, 6) is 0.801. The van der Waals surface area contributed by atoms with E-state index in [0.717, 1.165) is 69.3 Å². The summed E-state index contributed by atoms with van der Waals surface area (Å²) in [6.07, 6.45) is 1.90. The SMILES string of the molecule is Cc1noc(C)c1COC1CCN(C(=O)NCCCN2CCOCC2)C1. The number of aryl methyl sites for hydroxylation is 2. The summed E-state index contributed by atoms with van der Waals surface area (Å²) < 4.78 is 16.4. The molecule has 0 bridgehead atoms. The first-order valence-corrected chi connectivity index (χ1v) is 9.49. The molecule has 146 valence electrons. The molecule has 8 nitrogen and oxygen atoms in total. The van der Waals surface area contributed by atoms with Crippen LogP contribution < -0.4 is 5.32 Å². The van der Waals surface area contributed by atoms with Gasteiger partial charge in [-0.15, -0.1) is 0 Å². The number of rotatable bonds is 7. The maximum absolute atomic E-state index is 12.3. The highest BCUT2D eigenvalue weighted by atomic mass is 16.5. The molecule has 0 spiro atoms. The predicted molar refractivity (Wildman–Crippen MR) is 96.0 cm³/mol. The second-order valence-electron chi connectivity index (χ2n) is 7.01. The molecule has 2 amide bonds. The van der Waals surface area contributed by atoms with Crippen LogP contribution in [0.5, 0.6) is 0 Å². The molecule has 3 rings (SSSR count). The van der Waals surface area contributed by atoms with E-state index in [9.17, 15) is 4.79 Å². The lowest BCUT2D eigenvalue weighted by molar-refractivity contribution is 0.0374. The highest BCUT2D eigenvalue weighted by Crippen LogP contribution is 2.18. The molecule has 0 aliphatic carbocycles. The summed E-state index contributed by atoms with van der Waals surface area (Å²) in [7, 11) is 0. The first-order valence-electron chi connectivity index (χ1n) is 9.49. The number of amides is 2. The minimum Gasteiger partial charge on any atom is -0.379 e. The summed E-state index contributed by atoms with van der Waals surface area (Å²) in [4.78, 5) is 16.5. The van der Waals surface area contributed by atoms with Crippen LogP contribution in [0.2, 0.25) is 0 Å². The molecule has 1 aromatic rings. The zero-order valence-electron chi connectivity index (χ0n) is 15.8. The number of hydrogen-bond acceptors (Lipinski definition) is 6. The van der Waals surface area contributed by atoms with Gasteiger partial charge >= 0.3 is 6.03 Å². The first-order chi connectivity index (χ1) is 12.6. The number of ether oxygens (including phenoxy) is 2. The Morgan fingerprint density at radius 3 is 2.85 bits per heavy atom. The van der Waals surface area contributed by atoms with Gasteiger partial charge in [-0.3, -0.25) is 4.90 Å². The van der Waals surface area contributed by atoms with Crippen LogP contribution in [0.25, 0.3) is 0 Å². The van der Waals surface area contributed by atoms with Crippen LogP contribution in [0.1, 0.15) is 29.9 Å². The van der Waals surface area contributed by atoms with Crippen LogP contribution in [0, 0.1) is 13.8 Å². The summed E-state index contributed by atoms with van der Waals surface area (Å²) in [5, 5.41) is 6.96. The fraction of sp³-hybridized carbons (Fsp3) is 0.778. The molecule has 0 saturated carbocycles. The van der Waals surface area contributed by atoms with Crippen molar-refractivity contribution in [1.82, 2.24) is 20.3 Å².